The monoisotopic (exact) mass is 352 g/mol. The van der Waals surface area contributed by atoms with Crippen LogP contribution in [-0.2, 0) is 4.79 Å². The number of nitrogens with zero attached hydrogens (tertiary/aromatic N) is 2. The van der Waals surface area contributed by atoms with Crippen LogP contribution in [0.15, 0.2) is 54.6 Å². The van der Waals surface area contributed by atoms with Crippen LogP contribution in [0.2, 0.25) is 0 Å². The molecule has 2 aromatic rings. The van der Waals surface area contributed by atoms with Gasteiger partial charge in [-0.05, 0) is 31.7 Å². The molecule has 1 aliphatic rings. The predicted octanol–water partition coefficient (Wildman–Crippen LogP) is 2.78. The van der Waals surface area contributed by atoms with Crippen molar-refractivity contribution in [1.82, 2.24) is 9.80 Å². The van der Waals surface area contributed by atoms with Gasteiger partial charge in [-0.1, -0.05) is 42.5 Å². The summed E-state index contributed by atoms with van der Waals surface area (Å²) in [5.74, 6) is 0.474. The number of carbonyl (C=O) groups is 2. The van der Waals surface area contributed by atoms with Crippen LogP contribution in [0.3, 0.4) is 0 Å². The number of benzene rings is 2. The number of ether oxygens (including phenoxy) is 1. The van der Waals surface area contributed by atoms with Gasteiger partial charge in [0.25, 0.3) is 5.91 Å². The Morgan fingerprint density at radius 1 is 1.08 bits per heavy atom. The number of hydrogen-bond donors (Lipinski definition) is 0. The summed E-state index contributed by atoms with van der Waals surface area (Å²) in [5.41, 5.74) is 1.71. The van der Waals surface area contributed by atoms with Crippen LogP contribution in [0, 0.1) is 0 Å². The molecule has 1 heterocycles. The summed E-state index contributed by atoms with van der Waals surface area (Å²) in [6.07, 6.45) is 0. The van der Waals surface area contributed by atoms with Gasteiger partial charge in [-0.3, -0.25) is 9.59 Å². The highest BCUT2D eigenvalue weighted by Gasteiger charge is 2.30. The first-order chi connectivity index (χ1) is 12.5. The second-order valence-electron chi connectivity index (χ2n) is 6.65. The molecule has 0 aliphatic carbocycles. The van der Waals surface area contributed by atoms with Gasteiger partial charge in [0, 0.05) is 25.2 Å². The summed E-state index contributed by atoms with van der Waals surface area (Å²) in [6, 6.07) is 17.0. The molecule has 3 rings (SSSR count). The molecule has 1 atom stereocenters. The zero-order valence-electron chi connectivity index (χ0n) is 15.2. The van der Waals surface area contributed by atoms with Crippen LogP contribution >= 0.6 is 0 Å². The molecule has 0 saturated carbocycles. The van der Waals surface area contributed by atoms with Gasteiger partial charge in [0.15, 0.2) is 12.4 Å². The van der Waals surface area contributed by atoms with Gasteiger partial charge in [0.2, 0.25) is 0 Å². The van der Waals surface area contributed by atoms with Gasteiger partial charge < -0.3 is 14.5 Å². The topological polar surface area (TPSA) is 49.9 Å². The Balaban J connectivity index is 1.69. The number of rotatable bonds is 5. The van der Waals surface area contributed by atoms with Crippen molar-refractivity contribution in [2.24, 2.45) is 0 Å². The Kier molecular flexibility index (Phi) is 5.68. The SMILES string of the molecule is CC(=O)c1cccc(OCC(=O)N2CCN(C)CC2c2ccccc2)c1. The predicted molar refractivity (Wildman–Crippen MR) is 100 cm³/mol. The van der Waals surface area contributed by atoms with Crippen molar-refractivity contribution < 1.29 is 14.3 Å². The largest absolute Gasteiger partial charge is 0.484 e. The van der Waals surface area contributed by atoms with Crippen molar-refractivity contribution in [2.75, 3.05) is 33.3 Å². The van der Waals surface area contributed by atoms with E-state index in [1.165, 1.54) is 6.92 Å². The molecule has 1 saturated heterocycles. The summed E-state index contributed by atoms with van der Waals surface area (Å²) in [4.78, 5) is 28.4. The maximum Gasteiger partial charge on any atom is 0.261 e. The van der Waals surface area contributed by atoms with Gasteiger partial charge in [0.05, 0.1) is 6.04 Å². The molecule has 1 amide bonds. The first-order valence-electron chi connectivity index (χ1n) is 8.81. The van der Waals surface area contributed by atoms with Gasteiger partial charge in [-0.2, -0.15) is 0 Å². The number of carbonyl (C=O) groups excluding carboxylic acids is 2. The third-order valence-corrected chi connectivity index (χ3v) is 4.69. The maximum atomic E-state index is 12.8. The van der Waals surface area contributed by atoms with E-state index in [0.717, 1.165) is 18.7 Å². The minimum atomic E-state index is -0.0415. The Hall–Kier alpha value is -2.66. The van der Waals surface area contributed by atoms with Gasteiger partial charge >= 0.3 is 0 Å². The quantitative estimate of drug-likeness (QED) is 0.777. The lowest BCUT2D eigenvalue weighted by Crippen LogP contribution is -2.50. The molecule has 0 aromatic heterocycles. The van der Waals surface area contributed by atoms with E-state index < -0.39 is 0 Å². The highest BCUT2D eigenvalue weighted by atomic mass is 16.5. The van der Waals surface area contributed by atoms with Gasteiger partial charge in [0.1, 0.15) is 5.75 Å². The number of likely N-dealkylation sites (N-methyl/N-ethyl adjacent to an activating group) is 1. The molecule has 0 radical (unpaired) electrons. The standard InChI is InChI=1S/C21H24N2O3/c1-16(24)18-9-6-10-19(13-18)26-15-21(25)23-12-11-22(2)14-20(23)17-7-4-3-5-8-17/h3-10,13,20H,11-12,14-15H2,1-2H3. The van der Waals surface area contributed by atoms with Crippen LogP contribution in [0.25, 0.3) is 0 Å². The van der Waals surface area contributed by atoms with E-state index in [1.54, 1.807) is 24.3 Å². The molecular formula is C21H24N2O3. The molecule has 1 unspecified atom stereocenters. The molecule has 136 valence electrons. The fourth-order valence-corrected chi connectivity index (χ4v) is 3.21. The molecule has 5 nitrogen and oxygen atoms in total. The number of piperazine rings is 1. The van der Waals surface area contributed by atoms with Crippen molar-refractivity contribution in [3.63, 3.8) is 0 Å². The second kappa shape index (κ2) is 8.15. The molecular weight excluding hydrogens is 328 g/mol. The third-order valence-electron chi connectivity index (χ3n) is 4.69. The minimum absolute atomic E-state index is 0.0228. The smallest absolute Gasteiger partial charge is 0.261 e. The van der Waals surface area contributed by atoms with Crippen LogP contribution < -0.4 is 4.74 Å². The van der Waals surface area contributed by atoms with E-state index in [9.17, 15) is 9.59 Å². The van der Waals surface area contributed by atoms with Crippen molar-refractivity contribution in [3.8, 4) is 5.75 Å². The summed E-state index contributed by atoms with van der Waals surface area (Å²) in [6.45, 7) is 3.80. The van der Waals surface area contributed by atoms with Gasteiger partial charge in [-0.15, -0.1) is 0 Å². The Bertz CT molecular complexity index is 776. The molecule has 0 N–H and O–H groups in total. The van der Waals surface area contributed by atoms with Crippen molar-refractivity contribution in [2.45, 2.75) is 13.0 Å². The van der Waals surface area contributed by atoms with E-state index in [2.05, 4.69) is 24.1 Å². The summed E-state index contributed by atoms with van der Waals surface area (Å²) in [5, 5.41) is 0. The maximum absolute atomic E-state index is 12.8. The molecule has 5 heteroatoms. The highest BCUT2D eigenvalue weighted by molar-refractivity contribution is 5.94. The minimum Gasteiger partial charge on any atom is -0.484 e. The Morgan fingerprint density at radius 3 is 2.58 bits per heavy atom. The van der Waals surface area contributed by atoms with E-state index in [0.29, 0.717) is 17.9 Å². The van der Waals surface area contributed by atoms with E-state index in [1.807, 2.05) is 23.1 Å². The number of hydrogen-bond acceptors (Lipinski definition) is 4. The molecule has 0 bridgehead atoms. The van der Waals surface area contributed by atoms with E-state index in [-0.39, 0.29) is 24.3 Å². The summed E-state index contributed by atoms with van der Waals surface area (Å²) >= 11 is 0. The zero-order valence-corrected chi connectivity index (χ0v) is 15.2. The van der Waals surface area contributed by atoms with Crippen LogP contribution in [0.4, 0.5) is 0 Å². The van der Waals surface area contributed by atoms with E-state index >= 15 is 0 Å². The normalized spacial score (nSPS) is 17.8. The Morgan fingerprint density at radius 2 is 1.85 bits per heavy atom. The number of Topliss-reactive ketones (excluding diaryl/α,β-unsaturated/α-hetero) is 1. The van der Waals surface area contributed by atoms with Crippen molar-refractivity contribution in [1.29, 1.82) is 0 Å². The van der Waals surface area contributed by atoms with E-state index in [4.69, 9.17) is 4.74 Å². The van der Waals surface area contributed by atoms with Crippen molar-refractivity contribution >= 4 is 11.7 Å². The molecule has 1 fully saturated rings. The third kappa shape index (κ3) is 4.29. The van der Waals surface area contributed by atoms with Crippen LogP contribution in [0.1, 0.15) is 28.9 Å². The summed E-state index contributed by atoms with van der Waals surface area (Å²) < 4.78 is 5.67. The number of amides is 1. The van der Waals surface area contributed by atoms with Crippen LogP contribution in [-0.4, -0.2) is 54.8 Å². The lowest BCUT2D eigenvalue weighted by atomic mass is 10.0. The average molecular weight is 352 g/mol. The average Bonchev–Trinajstić information content (AvgIpc) is 2.67. The lowest BCUT2D eigenvalue weighted by Gasteiger charge is -2.40. The molecule has 1 aliphatic heterocycles. The zero-order chi connectivity index (χ0) is 18.5. The first kappa shape index (κ1) is 18.1. The Labute approximate surface area is 154 Å². The van der Waals surface area contributed by atoms with Crippen LogP contribution in [0.5, 0.6) is 5.75 Å². The molecule has 26 heavy (non-hydrogen) atoms. The fraction of sp³-hybridized carbons (Fsp3) is 0.333. The highest BCUT2D eigenvalue weighted by Crippen LogP contribution is 2.25. The molecule has 2 aromatic carbocycles. The first-order valence-corrected chi connectivity index (χ1v) is 8.81. The number of ketones is 1. The van der Waals surface area contributed by atoms with Gasteiger partial charge in [-0.25, -0.2) is 0 Å². The second-order valence-corrected chi connectivity index (χ2v) is 6.65. The fourth-order valence-electron chi connectivity index (χ4n) is 3.21. The lowest BCUT2D eigenvalue weighted by molar-refractivity contribution is -0.138. The summed E-state index contributed by atoms with van der Waals surface area (Å²) in [7, 11) is 2.07. The van der Waals surface area contributed by atoms with Crippen molar-refractivity contribution in [3.05, 3.63) is 65.7 Å². The molecule has 0 spiro atoms.